The molecule has 3 rings (SSSR count). The average Bonchev–Trinajstić information content (AvgIpc) is 3.15. The average molecular weight is 415 g/mol. The van der Waals surface area contributed by atoms with Crippen molar-refractivity contribution < 1.29 is 31.1 Å². The highest BCUT2D eigenvalue weighted by Gasteiger charge is 2.37. The first-order valence-electron chi connectivity index (χ1n) is 7.79. The Morgan fingerprint density at radius 1 is 0.821 bits per heavy atom. The fourth-order valence-electron chi connectivity index (χ4n) is 2.46. The molecule has 1 aromatic heterocycles. The number of benzene rings is 2. The van der Waals surface area contributed by atoms with Gasteiger partial charge < -0.3 is 5.32 Å². The normalized spacial score (nSPS) is 12.1. The number of rotatable bonds is 3. The number of halogens is 6. The number of carbonyl (C=O) groups is 1. The summed E-state index contributed by atoms with van der Waals surface area (Å²) in [6.45, 7) is 0. The third kappa shape index (κ3) is 4.53. The topological polar surface area (TPSA) is 29.1 Å². The Labute approximate surface area is 159 Å². The smallest absolute Gasteiger partial charge is 0.322 e. The van der Waals surface area contributed by atoms with E-state index in [2.05, 4.69) is 5.32 Å². The fourth-order valence-corrected chi connectivity index (χ4v) is 3.19. The number of nitrogens with one attached hydrogen (secondary N) is 1. The van der Waals surface area contributed by atoms with Gasteiger partial charge in [0.1, 0.15) is 0 Å². The molecule has 2 nitrogen and oxygen atoms in total. The van der Waals surface area contributed by atoms with Crippen molar-refractivity contribution in [1.82, 2.24) is 0 Å². The van der Waals surface area contributed by atoms with E-state index in [0.29, 0.717) is 12.1 Å². The van der Waals surface area contributed by atoms with Gasteiger partial charge in [-0.15, -0.1) is 11.3 Å². The highest BCUT2D eigenvalue weighted by molar-refractivity contribution is 7.13. The molecule has 3 aromatic rings. The Hall–Kier alpha value is -2.81. The van der Waals surface area contributed by atoms with Crippen molar-refractivity contribution in [1.29, 1.82) is 0 Å². The molecular weight excluding hydrogens is 404 g/mol. The molecule has 1 N–H and O–H groups in total. The summed E-state index contributed by atoms with van der Waals surface area (Å²) < 4.78 is 77.4. The minimum atomic E-state index is -4.98. The van der Waals surface area contributed by atoms with Crippen molar-refractivity contribution >= 4 is 22.9 Å². The maximum absolute atomic E-state index is 12.9. The molecule has 0 saturated carbocycles. The molecule has 0 aliphatic carbocycles. The largest absolute Gasteiger partial charge is 0.416 e. The zero-order valence-electron chi connectivity index (χ0n) is 13.9. The lowest BCUT2D eigenvalue weighted by molar-refractivity contribution is -0.143. The summed E-state index contributed by atoms with van der Waals surface area (Å²) >= 11 is 1.49. The number of alkyl halides is 6. The Kier molecular flexibility index (Phi) is 5.20. The van der Waals surface area contributed by atoms with E-state index >= 15 is 0 Å². The molecule has 1 amide bonds. The van der Waals surface area contributed by atoms with Crippen molar-refractivity contribution in [2.45, 2.75) is 12.4 Å². The molecule has 0 spiro atoms. The lowest BCUT2D eigenvalue weighted by Gasteiger charge is -2.15. The summed E-state index contributed by atoms with van der Waals surface area (Å²) in [5.74, 6) is -0.815. The number of amides is 1. The first-order valence-corrected chi connectivity index (χ1v) is 8.67. The van der Waals surface area contributed by atoms with Crippen molar-refractivity contribution in [2.24, 2.45) is 0 Å². The van der Waals surface area contributed by atoms with Crippen LogP contribution in [-0.4, -0.2) is 5.91 Å². The zero-order valence-corrected chi connectivity index (χ0v) is 14.7. The lowest BCUT2D eigenvalue weighted by Crippen LogP contribution is -2.15. The van der Waals surface area contributed by atoms with Crippen LogP contribution >= 0.6 is 11.3 Å². The maximum Gasteiger partial charge on any atom is 0.416 e. The van der Waals surface area contributed by atoms with E-state index in [1.54, 1.807) is 12.1 Å². The van der Waals surface area contributed by atoms with E-state index in [1.807, 2.05) is 17.5 Å². The highest BCUT2D eigenvalue weighted by Crippen LogP contribution is 2.37. The second-order valence-corrected chi connectivity index (χ2v) is 6.75. The summed E-state index contributed by atoms with van der Waals surface area (Å²) in [7, 11) is 0. The van der Waals surface area contributed by atoms with E-state index in [4.69, 9.17) is 0 Å². The monoisotopic (exact) mass is 415 g/mol. The van der Waals surface area contributed by atoms with E-state index in [1.165, 1.54) is 23.5 Å². The van der Waals surface area contributed by atoms with E-state index in [-0.39, 0.29) is 11.6 Å². The van der Waals surface area contributed by atoms with Crippen LogP contribution in [0.3, 0.4) is 0 Å². The van der Waals surface area contributed by atoms with Gasteiger partial charge in [-0.2, -0.15) is 26.3 Å². The summed E-state index contributed by atoms with van der Waals surface area (Å²) in [5, 5.41) is 3.98. The van der Waals surface area contributed by atoms with Crippen LogP contribution in [0.2, 0.25) is 0 Å². The number of anilines is 1. The molecule has 0 saturated heterocycles. The molecule has 28 heavy (non-hydrogen) atoms. The van der Waals surface area contributed by atoms with Gasteiger partial charge in [0.25, 0.3) is 5.91 Å². The SMILES string of the molecule is O=C(Nc1cc(C(F)(F)F)cc(C(F)(F)F)c1)c1ccc(-c2cccs2)cc1. The van der Waals surface area contributed by atoms with Gasteiger partial charge in [0.05, 0.1) is 11.1 Å². The predicted molar refractivity (Wildman–Crippen MR) is 94.2 cm³/mol. The van der Waals surface area contributed by atoms with E-state index in [0.717, 1.165) is 10.4 Å². The van der Waals surface area contributed by atoms with Gasteiger partial charge in [-0.25, -0.2) is 0 Å². The Morgan fingerprint density at radius 3 is 1.86 bits per heavy atom. The van der Waals surface area contributed by atoms with Crippen molar-refractivity contribution in [3.05, 3.63) is 76.7 Å². The standard InChI is InChI=1S/C19H11F6NOS/c20-18(21,22)13-8-14(19(23,24)25)10-15(9-13)26-17(27)12-5-3-11(4-6-12)16-2-1-7-28-16/h1-10H,(H,26,27). The van der Waals surface area contributed by atoms with Crippen molar-refractivity contribution in [3.8, 4) is 10.4 Å². The minimum absolute atomic E-state index is 0.00543. The van der Waals surface area contributed by atoms with Crippen LogP contribution in [0.25, 0.3) is 10.4 Å². The molecule has 1 heterocycles. The van der Waals surface area contributed by atoms with E-state index < -0.39 is 35.1 Å². The van der Waals surface area contributed by atoms with Gasteiger partial charge in [0.15, 0.2) is 0 Å². The van der Waals surface area contributed by atoms with Gasteiger partial charge in [-0.3, -0.25) is 4.79 Å². The molecule has 146 valence electrons. The second-order valence-electron chi connectivity index (χ2n) is 5.80. The van der Waals surface area contributed by atoms with Gasteiger partial charge in [-0.05, 0) is 47.3 Å². The third-order valence-electron chi connectivity index (χ3n) is 3.80. The molecule has 0 radical (unpaired) electrons. The van der Waals surface area contributed by atoms with Crippen molar-refractivity contribution in [3.63, 3.8) is 0 Å². The van der Waals surface area contributed by atoms with Crippen LogP contribution in [0, 0.1) is 0 Å². The first-order chi connectivity index (χ1) is 13.0. The Balaban J connectivity index is 1.87. The molecule has 0 bridgehead atoms. The van der Waals surface area contributed by atoms with Crippen LogP contribution < -0.4 is 5.32 Å². The molecule has 9 heteroatoms. The molecule has 0 atom stereocenters. The zero-order chi connectivity index (χ0) is 20.5. The third-order valence-corrected chi connectivity index (χ3v) is 4.72. The fraction of sp³-hybridized carbons (Fsp3) is 0.105. The first kappa shape index (κ1) is 19.9. The van der Waals surface area contributed by atoms with Crippen LogP contribution in [0.5, 0.6) is 0 Å². The molecule has 0 aliphatic rings. The molecule has 0 unspecified atom stereocenters. The van der Waals surface area contributed by atoms with Crippen LogP contribution in [-0.2, 0) is 12.4 Å². The van der Waals surface area contributed by atoms with E-state index in [9.17, 15) is 31.1 Å². The molecule has 0 aliphatic heterocycles. The molecular formula is C19H11F6NOS. The van der Waals surface area contributed by atoms with Gasteiger partial charge in [0.2, 0.25) is 0 Å². The highest BCUT2D eigenvalue weighted by atomic mass is 32.1. The minimum Gasteiger partial charge on any atom is -0.322 e. The molecule has 2 aromatic carbocycles. The van der Waals surface area contributed by atoms with Crippen molar-refractivity contribution in [2.75, 3.05) is 5.32 Å². The van der Waals surface area contributed by atoms with Crippen LogP contribution in [0.1, 0.15) is 21.5 Å². The number of carbonyl (C=O) groups excluding carboxylic acids is 1. The summed E-state index contributed by atoms with van der Waals surface area (Å²) in [6.07, 6.45) is -9.97. The molecule has 0 fully saturated rings. The van der Waals surface area contributed by atoms with Gasteiger partial charge in [-0.1, -0.05) is 18.2 Å². The van der Waals surface area contributed by atoms with Gasteiger partial charge >= 0.3 is 12.4 Å². The van der Waals surface area contributed by atoms with Crippen LogP contribution in [0.4, 0.5) is 32.0 Å². The number of hydrogen-bond donors (Lipinski definition) is 1. The Morgan fingerprint density at radius 2 is 1.39 bits per heavy atom. The quantitative estimate of drug-likeness (QED) is 0.474. The predicted octanol–water partition coefficient (Wildman–Crippen LogP) is 6.71. The van der Waals surface area contributed by atoms with Crippen LogP contribution in [0.15, 0.2) is 60.0 Å². The summed E-state index contributed by atoms with van der Waals surface area (Å²) in [6, 6.07) is 10.9. The Bertz CT molecular complexity index is 943. The number of thiophene rings is 1. The second kappa shape index (κ2) is 7.31. The lowest BCUT2D eigenvalue weighted by atomic mass is 10.1. The maximum atomic E-state index is 12.9. The number of hydrogen-bond acceptors (Lipinski definition) is 2. The van der Waals surface area contributed by atoms with Gasteiger partial charge in [0, 0.05) is 16.1 Å². The summed E-state index contributed by atoms with van der Waals surface area (Å²) in [5.41, 5.74) is -2.64. The summed E-state index contributed by atoms with van der Waals surface area (Å²) in [4.78, 5) is 13.2.